The van der Waals surface area contributed by atoms with E-state index in [0.717, 1.165) is 12.8 Å². The molecule has 18 heavy (non-hydrogen) atoms. The van der Waals surface area contributed by atoms with Crippen LogP contribution < -0.4 is 4.72 Å². The van der Waals surface area contributed by atoms with Gasteiger partial charge in [-0.05, 0) is 39.5 Å². The van der Waals surface area contributed by atoms with Crippen molar-refractivity contribution in [2.24, 2.45) is 5.92 Å². The summed E-state index contributed by atoms with van der Waals surface area (Å²) in [6.07, 6.45) is 2.09. The van der Waals surface area contributed by atoms with Crippen LogP contribution in [0.5, 0.6) is 0 Å². The first-order valence-corrected chi connectivity index (χ1v) is 7.45. The summed E-state index contributed by atoms with van der Waals surface area (Å²) in [4.78, 5) is 0. The van der Waals surface area contributed by atoms with Gasteiger partial charge in [0.1, 0.15) is 0 Å². The van der Waals surface area contributed by atoms with E-state index in [1.807, 2.05) is 13.8 Å². The number of sulfonamides is 1. The van der Waals surface area contributed by atoms with Crippen LogP contribution in [-0.4, -0.2) is 29.3 Å². The fourth-order valence-electron chi connectivity index (χ4n) is 2.12. The average Bonchev–Trinajstić information content (AvgIpc) is 3.01. The Morgan fingerprint density at radius 1 is 1.50 bits per heavy atom. The van der Waals surface area contributed by atoms with Gasteiger partial charge in [0.15, 0.2) is 5.03 Å². The molecule has 1 saturated carbocycles. The molecule has 0 radical (unpaired) electrons. The van der Waals surface area contributed by atoms with Gasteiger partial charge in [-0.25, -0.2) is 13.1 Å². The van der Waals surface area contributed by atoms with Gasteiger partial charge in [-0.2, -0.15) is 5.10 Å². The predicted molar refractivity (Wildman–Crippen MR) is 66.4 cm³/mol. The van der Waals surface area contributed by atoms with Gasteiger partial charge in [0.2, 0.25) is 0 Å². The summed E-state index contributed by atoms with van der Waals surface area (Å²) >= 11 is 0. The first-order valence-electron chi connectivity index (χ1n) is 5.96. The van der Waals surface area contributed by atoms with Crippen LogP contribution in [0.4, 0.5) is 0 Å². The number of H-pyrrole nitrogens is 1. The lowest BCUT2D eigenvalue weighted by atomic mass is 10.0. The summed E-state index contributed by atoms with van der Waals surface area (Å²) in [5, 5.41) is 15.5. The zero-order valence-corrected chi connectivity index (χ0v) is 11.6. The van der Waals surface area contributed by atoms with Gasteiger partial charge in [-0.15, -0.1) is 0 Å². The molecule has 2 rings (SSSR count). The van der Waals surface area contributed by atoms with Crippen LogP contribution in [0.3, 0.4) is 0 Å². The van der Waals surface area contributed by atoms with Crippen molar-refractivity contribution in [1.82, 2.24) is 14.9 Å². The third kappa shape index (κ3) is 2.43. The van der Waals surface area contributed by atoms with Crippen molar-refractivity contribution in [2.75, 3.05) is 0 Å². The molecule has 0 unspecified atom stereocenters. The maximum absolute atomic E-state index is 12.3. The number of aliphatic hydroxyl groups is 1. The highest BCUT2D eigenvalue weighted by molar-refractivity contribution is 7.89. The van der Waals surface area contributed by atoms with E-state index in [-0.39, 0.29) is 11.6 Å². The number of aliphatic hydroxyl groups excluding tert-OH is 1. The third-order valence-corrected chi connectivity index (χ3v) is 5.09. The summed E-state index contributed by atoms with van der Waals surface area (Å²) in [5.74, 6) is 0.380. The summed E-state index contributed by atoms with van der Waals surface area (Å²) < 4.78 is 27.2. The molecule has 1 heterocycles. The highest BCUT2D eigenvalue weighted by Crippen LogP contribution is 2.40. The maximum Gasteiger partial charge on any atom is 0.260 e. The van der Waals surface area contributed by atoms with Crippen LogP contribution in [-0.2, 0) is 16.6 Å². The number of aromatic amines is 1. The van der Waals surface area contributed by atoms with E-state index >= 15 is 0 Å². The SMILES string of the molecule is Cc1[nH]nc(S(=O)(=O)NC(C)(C)C2CC2)c1CO. The molecular weight excluding hydrogens is 254 g/mol. The van der Waals surface area contributed by atoms with Crippen molar-refractivity contribution in [3.8, 4) is 0 Å². The van der Waals surface area contributed by atoms with Crippen molar-refractivity contribution < 1.29 is 13.5 Å². The Morgan fingerprint density at radius 2 is 2.11 bits per heavy atom. The molecule has 0 bridgehead atoms. The van der Waals surface area contributed by atoms with Gasteiger partial charge in [0.25, 0.3) is 10.0 Å². The predicted octanol–water partition coefficient (Wildman–Crippen LogP) is 0.677. The first kappa shape index (κ1) is 13.5. The molecular formula is C11H19N3O3S. The zero-order valence-electron chi connectivity index (χ0n) is 10.8. The number of aryl methyl sites for hydroxylation is 1. The summed E-state index contributed by atoms with van der Waals surface area (Å²) in [7, 11) is -3.70. The quantitative estimate of drug-likeness (QED) is 0.735. The highest BCUT2D eigenvalue weighted by Gasteiger charge is 2.41. The van der Waals surface area contributed by atoms with Crippen LogP contribution in [0.1, 0.15) is 37.9 Å². The average molecular weight is 273 g/mol. The zero-order chi connectivity index (χ0) is 13.6. The van der Waals surface area contributed by atoms with E-state index in [2.05, 4.69) is 14.9 Å². The Bertz CT molecular complexity index is 544. The van der Waals surface area contributed by atoms with E-state index in [1.54, 1.807) is 6.92 Å². The van der Waals surface area contributed by atoms with E-state index in [4.69, 9.17) is 0 Å². The molecule has 1 aliphatic rings. The molecule has 6 nitrogen and oxygen atoms in total. The molecule has 1 aromatic rings. The Labute approximate surface area is 107 Å². The molecule has 0 spiro atoms. The number of nitrogens with zero attached hydrogens (tertiary/aromatic N) is 1. The largest absolute Gasteiger partial charge is 0.392 e. The second-order valence-corrected chi connectivity index (χ2v) is 6.99. The number of aromatic nitrogens is 2. The maximum atomic E-state index is 12.3. The van der Waals surface area contributed by atoms with Gasteiger partial charge >= 0.3 is 0 Å². The Kier molecular flexibility index (Phi) is 3.25. The van der Waals surface area contributed by atoms with Gasteiger partial charge in [0, 0.05) is 16.8 Å². The van der Waals surface area contributed by atoms with E-state index in [9.17, 15) is 13.5 Å². The van der Waals surface area contributed by atoms with Crippen molar-refractivity contribution in [3.05, 3.63) is 11.3 Å². The van der Waals surface area contributed by atoms with Crippen LogP contribution in [0.15, 0.2) is 5.03 Å². The van der Waals surface area contributed by atoms with Crippen molar-refractivity contribution in [2.45, 2.75) is 50.8 Å². The van der Waals surface area contributed by atoms with Gasteiger partial charge in [-0.1, -0.05) is 0 Å². The number of hydrogen-bond acceptors (Lipinski definition) is 4. The molecule has 0 atom stereocenters. The number of hydrogen-bond donors (Lipinski definition) is 3. The molecule has 1 aliphatic carbocycles. The molecule has 102 valence electrons. The van der Waals surface area contributed by atoms with Crippen LogP contribution in [0.25, 0.3) is 0 Å². The lowest BCUT2D eigenvalue weighted by Crippen LogP contribution is -2.45. The lowest BCUT2D eigenvalue weighted by Gasteiger charge is -2.25. The summed E-state index contributed by atoms with van der Waals surface area (Å²) in [6.45, 7) is 5.09. The lowest BCUT2D eigenvalue weighted by molar-refractivity contribution is 0.277. The Balaban J connectivity index is 2.30. The number of rotatable bonds is 5. The second-order valence-electron chi connectivity index (χ2n) is 5.39. The monoisotopic (exact) mass is 273 g/mol. The van der Waals surface area contributed by atoms with Crippen LogP contribution in [0, 0.1) is 12.8 Å². The molecule has 1 fully saturated rings. The highest BCUT2D eigenvalue weighted by atomic mass is 32.2. The molecule has 0 aliphatic heterocycles. The van der Waals surface area contributed by atoms with Crippen LogP contribution in [0.2, 0.25) is 0 Å². The third-order valence-electron chi connectivity index (χ3n) is 3.44. The first-order chi connectivity index (χ1) is 8.28. The normalized spacial score (nSPS) is 17.1. The van der Waals surface area contributed by atoms with Gasteiger partial charge < -0.3 is 5.11 Å². The standard InChI is InChI=1S/C11H19N3O3S/c1-7-9(6-15)10(13-12-7)18(16,17)14-11(2,3)8-4-5-8/h8,14-15H,4-6H2,1-3H3,(H,12,13). The Hall–Kier alpha value is -0.920. The van der Waals surface area contributed by atoms with Gasteiger partial charge in [0.05, 0.1) is 6.61 Å². The minimum absolute atomic E-state index is 0.101. The molecule has 1 aromatic heterocycles. The van der Waals surface area contributed by atoms with E-state index in [0.29, 0.717) is 17.2 Å². The van der Waals surface area contributed by atoms with E-state index < -0.39 is 15.6 Å². The second kappa shape index (κ2) is 4.32. The Morgan fingerprint density at radius 3 is 2.61 bits per heavy atom. The van der Waals surface area contributed by atoms with Crippen molar-refractivity contribution in [1.29, 1.82) is 0 Å². The molecule has 0 amide bonds. The molecule has 0 saturated heterocycles. The topological polar surface area (TPSA) is 95.1 Å². The molecule has 0 aromatic carbocycles. The van der Waals surface area contributed by atoms with Crippen LogP contribution >= 0.6 is 0 Å². The summed E-state index contributed by atoms with van der Waals surface area (Å²) in [5.41, 5.74) is 0.425. The molecule has 7 heteroatoms. The van der Waals surface area contributed by atoms with Crippen molar-refractivity contribution in [3.63, 3.8) is 0 Å². The van der Waals surface area contributed by atoms with E-state index in [1.165, 1.54) is 0 Å². The fourth-order valence-corrected chi connectivity index (χ4v) is 3.79. The minimum atomic E-state index is -3.70. The minimum Gasteiger partial charge on any atom is -0.392 e. The fraction of sp³-hybridized carbons (Fsp3) is 0.727. The smallest absolute Gasteiger partial charge is 0.260 e. The molecule has 3 N–H and O–H groups in total. The van der Waals surface area contributed by atoms with Gasteiger partial charge in [-0.3, -0.25) is 5.10 Å². The summed E-state index contributed by atoms with van der Waals surface area (Å²) in [6, 6.07) is 0. The van der Waals surface area contributed by atoms with Crippen molar-refractivity contribution >= 4 is 10.0 Å². The number of nitrogens with one attached hydrogen (secondary N) is 2.